The Balaban J connectivity index is 1.82. The Morgan fingerprint density at radius 1 is 1.10 bits per heavy atom. The summed E-state index contributed by atoms with van der Waals surface area (Å²) in [6.07, 6.45) is 1.57. The fourth-order valence-electron chi connectivity index (χ4n) is 3.25. The first-order valence-corrected chi connectivity index (χ1v) is 10.1. The average molecular weight is 422 g/mol. The number of benzene rings is 2. The van der Waals surface area contributed by atoms with E-state index in [-0.39, 0.29) is 18.1 Å². The second-order valence-electron chi connectivity index (χ2n) is 7.10. The molecular weight excluding hydrogens is 396 g/mol. The van der Waals surface area contributed by atoms with Crippen molar-refractivity contribution in [2.75, 3.05) is 24.3 Å². The number of aromatic amines is 1. The maximum absolute atomic E-state index is 12.8. The predicted octanol–water partition coefficient (Wildman–Crippen LogP) is 2.63. The summed E-state index contributed by atoms with van der Waals surface area (Å²) in [7, 11) is 1.43. The topological polar surface area (TPSA) is 110 Å². The zero-order valence-electron chi connectivity index (χ0n) is 17.6. The lowest BCUT2D eigenvalue weighted by Gasteiger charge is -2.21. The molecular formula is C23H26N4O4. The maximum atomic E-state index is 12.8. The molecule has 3 N–H and O–H groups in total. The number of unbranched alkanes of at least 4 members (excludes halogenated alkanes) is 1. The molecule has 0 saturated heterocycles. The number of nitrogens with one attached hydrogen (secondary N) is 1. The van der Waals surface area contributed by atoms with E-state index in [0.29, 0.717) is 18.7 Å². The van der Waals surface area contributed by atoms with Crippen LogP contribution < -0.4 is 26.6 Å². The van der Waals surface area contributed by atoms with Crippen molar-refractivity contribution in [3.8, 4) is 16.9 Å². The van der Waals surface area contributed by atoms with E-state index in [0.717, 1.165) is 22.4 Å². The van der Waals surface area contributed by atoms with E-state index in [4.69, 9.17) is 10.5 Å². The lowest BCUT2D eigenvalue weighted by molar-refractivity contribution is -0.120. The van der Waals surface area contributed by atoms with Crippen LogP contribution in [0.15, 0.2) is 64.2 Å². The Bertz CT molecular complexity index is 1170. The largest absolute Gasteiger partial charge is 0.483 e. The molecule has 0 radical (unpaired) electrons. The molecule has 0 bridgehead atoms. The zero-order valence-corrected chi connectivity index (χ0v) is 17.6. The lowest BCUT2D eigenvalue weighted by Crippen LogP contribution is -2.40. The van der Waals surface area contributed by atoms with Gasteiger partial charge in [-0.05, 0) is 18.1 Å². The van der Waals surface area contributed by atoms with Crippen molar-refractivity contribution in [2.24, 2.45) is 0 Å². The van der Waals surface area contributed by atoms with Gasteiger partial charge in [-0.1, -0.05) is 61.9 Å². The molecule has 0 spiro atoms. The van der Waals surface area contributed by atoms with Crippen molar-refractivity contribution >= 4 is 17.4 Å². The fourth-order valence-corrected chi connectivity index (χ4v) is 3.25. The van der Waals surface area contributed by atoms with Crippen molar-refractivity contribution in [1.29, 1.82) is 0 Å². The van der Waals surface area contributed by atoms with Crippen molar-refractivity contribution in [3.63, 3.8) is 0 Å². The molecule has 1 aromatic heterocycles. The Morgan fingerprint density at radius 3 is 2.48 bits per heavy atom. The molecule has 0 atom stereocenters. The summed E-state index contributed by atoms with van der Waals surface area (Å²) in [4.78, 5) is 40.6. The van der Waals surface area contributed by atoms with Crippen molar-refractivity contribution in [3.05, 3.63) is 75.4 Å². The van der Waals surface area contributed by atoms with Gasteiger partial charge in [0.2, 0.25) is 0 Å². The van der Waals surface area contributed by atoms with E-state index in [2.05, 4.69) is 4.98 Å². The van der Waals surface area contributed by atoms with Gasteiger partial charge in [-0.25, -0.2) is 4.79 Å². The van der Waals surface area contributed by atoms with Crippen LogP contribution in [0.3, 0.4) is 0 Å². The van der Waals surface area contributed by atoms with Gasteiger partial charge >= 0.3 is 5.69 Å². The van der Waals surface area contributed by atoms with Gasteiger partial charge in [-0.15, -0.1) is 0 Å². The summed E-state index contributed by atoms with van der Waals surface area (Å²) in [5.41, 5.74) is 6.52. The van der Waals surface area contributed by atoms with Crippen LogP contribution in [0.2, 0.25) is 0 Å². The highest BCUT2D eigenvalue weighted by Gasteiger charge is 2.21. The number of nitrogens with two attached hydrogens (primary N) is 1. The van der Waals surface area contributed by atoms with E-state index < -0.39 is 17.2 Å². The van der Waals surface area contributed by atoms with Gasteiger partial charge < -0.3 is 15.4 Å². The molecule has 3 rings (SSSR count). The minimum Gasteiger partial charge on any atom is -0.483 e. The number of hydrogen-bond donors (Lipinski definition) is 2. The molecule has 1 amide bonds. The number of nitrogen functional groups attached to an aromatic ring is 1. The van der Waals surface area contributed by atoms with Gasteiger partial charge in [0.15, 0.2) is 12.3 Å². The quantitative estimate of drug-likeness (QED) is 0.580. The Hall–Kier alpha value is -3.81. The molecule has 31 heavy (non-hydrogen) atoms. The number of para-hydroxylation sites is 1. The third-order valence-electron chi connectivity index (χ3n) is 4.98. The number of H-pyrrole nitrogens is 1. The summed E-state index contributed by atoms with van der Waals surface area (Å²) >= 11 is 0. The first-order chi connectivity index (χ1) is 14.9. The second-order valence-corrected chi connectivity index (χ2v) is 7.10. The first kappa shape index (κ1) is 21.9. The van der Waals surface area contributed by atoms with E-state index in [9.17, 15) is 14.4 Å². The lowest BCUT2D eigenvalue weighted by atomic mass is 10.1. The van der Waals surface area contributed by atoms with E-state index in [1.165, 1.54) is 11.6 Å². The van der Waals surface area contributed by atoms with Crippen LogP contribution in [0.5, 0.6) is 5.75 Å². The number of ether oxygens (including phenoxy) is 1. The molecule has 8 heteroatoms. The number of hydrogen-bond acceptors (Lipinski definition) is 5. The predicted molar refractivity (Wildman–Crippen MR) is 121 cm³/mol. The highest BCUT2D eigenvalue weighted by Crippen LogP contribution is 2.29. The molecule has 0 unspecified atom stereocenters. The van der Waals surface area contributed by atoms with E-state index in [1.54, 1.807) is 6.07 Å². The van der Waals surface area contributed by atoms with Gasteiger partial charge in [0.25, 0.3) is 11.5 Å². The normalized spacial score (nSPS) is 10.6. The molecule has 1 heterocycles. The Kier molecular flexibility index (Phi) is 6.92. The molecule has 0 aliphatic heterocycles. The minimum atomic E-state index is -0.712. The SMILES string of the molecule is CCCCn1c(N)c(N(C)C(=O)COc2ccccc2-c2ccccc2)c(=O)[nH]c1=O. The van der Waals surface area contributed by atoms with Crippen LogP contribution in [0.4, 0.5) is 11.5 Å². The van der Waals surface area contributed by atoms with Crippen LogP contribution in [0.25, 0.3) is 11.1 Å². The Morgan fingerprint density at radius 2 is 1.77 bits per heavy atom. The molecule has 0 fully saturated rings. The minimum absolute atomic E-state index is 0.0391. The van der Waals surface area contributed by atoms with Crippen LogP contribution in [0, 0.1) is 0 Å². The van der Waals surface area contributed by atoms with Crippen LogP contribution in [0.1, 0.15) is 19.8 Å². The average Bonchev–Trinajstić information content (AvgIpc) is 2.77. The number of likely N-dealkylation sites (N-methyl/N-ethyl adjacent to an activating group) is 1. The standard InChI is InChI=1S/C23H26N4O4/c1-3-4-14-27-21(24)20(22(29)25-23(27)30)26(2)19(28)15-31-18-13-9-8-12-17(18)16-10-6-5-7-11-16/h5-13H,3-4,14-15,24H2,1-2H3,(H,25,29,30). The van der Waals surface area contributed by atoms with Crippen molar-refractivity contribution in [1.82, 2.24) is 9.55 Å². The highest BCUT2D eigenvalue weighted by atomic mass is 16.5. The molecule has 3 aromatic rings. The van der Waals surface area contributed by atoms with Gasteiger partial charge in [0.1, 0.15) is 11.6 Å². The monoisotopic (exact) mass is 422 g/mol. The molecule has 0 aliphatic rings. The van der Waals surface area contributed by atoms with Gasteiger partial charge in [0, 0.05) is 19.2 Å². The number of carbonyl (C=O) groups excluding carboxylic acids is 1. The molecule has 0 aliphatic carbocycles. The highest BCUT2D eigenvalue weighted by molar-refractivity contribution is 5.96. The third kappa shape index (κ3) is 4.85. The number of amides is 1. The molecule has 8 nitrogen and oxygen atoms in total. The van der Waals surface area contributed by atoms with Gasteiger partial charge in [-0.3, -0.25) is 19.1 Å². The summed E-state index contributed by atoms with van der Waals surface area (Å²) in [5.74, 6) is 0.0359. The summed E-state index contributed by atoms with van der Waals surface area (Å²) in [6.45, 7) is 2.04. The summed E-state index contributed by atoms with van der Waals surface area (Å²) < 4.78 is 7.06. The van der Waals surface area contributed by atoms with E-state index >= 15 is 0 Å². The van der Waals surface area contributed by atoms with E-state index in [1.807, 2.05) is 55.5 Å². The number of aromatic nitrogens is 2. The van der Waals surface area contributed by atoms with Crippen LogP contribution in [-0.4, -0.2) is 29.1 Å². The number of nitrogens with zero attached hydrogens (tertiary/aromatic N) is 2. The van der Waals surface area contributed by atoms with Crippen LogP contribution in [-0.2, 0) is 11.3 Å². The van der Waals surface area contributed by atoms with Crippen molar-refractivity contribution < 1.29 is 9.53 Å². The summed E-state index contributed by atoms with van der Waals surface area (Å²) in [6, 6.07) is 17.1. The zero-order chi connectivity index (χ0) is 22.4. The van der Waals surface area contributed by atoms with Gasteiger partial charge in [0.05, 0.1) is 0 Å². The smallest absolute Gasteiger partial charge is 0.330 e. The Labute approximate surface area is 179 Å². The summed E-state index contributed by atoms with van der Waals surface area (Å²) in [5, 5.41) is 0. The number of carbonyl (C=O) groups is 1. The molecule has 0 saturated carbocycles. The molecule has 162 valence electrons. The second kappa shape index (κ2) is 9.80. The third-order valence-corrected chi connectivity index (χ3v) is 4.98. The van der Waals surface area contributed by atoms with Crippen molar-refractivity contribution in [2.45, 2.75) is 26.3 Å². The number of rotatable bonds is 8. The number of anilines is 2. The fraction of sp³-hybridized carbons (Fsp3) is 0.261. The maximum Gasteiger partial charge on any atom is 0.330 e. The van der Waals surface area contributed by atoms with Crippen LogP contribution >= 0.6 is 0 Å². The molecule has 2 aromatic carbocycles. The van der Waals surface area contributed by atoms with Gasteiger partial charge in [-0.2, -0.15) is 0 Å². The first-order valence-electron chi connectivity index (χ1n) is 10.1.